The first-order chi connectivity index (χ1) is 13.5. The van der Waals surface area contributed by atoms with Gasteiger partial charge in [-0.05, 0) is 36.2 Å². The normalized spacial score (nSPS) is 14.1. The monoisotopic (exact) mass is 380 g/mol. The average molecular weight is 380 g/mol. The number of methoxy groups -OCH3 is 2. The molecule has 0 aromatic heterocycles. The smallest absolute Gasteiger partial charge is 0.278 e. The van der Waals surface area contributed by atoms with Gasteiger partial charge in [-0.25, -0.2) is 0 Å². The molecule has 0 bridgehead atoms. The molecule has 1 heterocycles. The molecule has 1 aliphatic rings. The first-order valence-electron chi connectivity index (χ1n) is 9.11. The van der Waals surface area contributed by atoms with Crippen molar-refractivity contribution in [2.24, 2.45) is 5.92 Å². The summed E-state index contributed by atoms with van der Waals surface area (Å²) >= 11 is 0. The van der Waals surface area contributed by atoms with Gasteiger partial charge >= 0.3 is 0 Å². The molecular formula is C22H24N2O4. The summed E-state index contributed by atoms with van der Waals surface area (Å²) < 4.78 is 10.6. The van der Waals surface area contributed by atoms with Gasteiger partial charge in [0, 0.05) is 17.8 Å². The van der Waals surface area contributed by atoms with Crippen molar-refractivity contribution in [3.05, 3.63) is 59.8 Å². The lowest BCUT2D eigenvalue weighted by molar-refractivity contribution is -0.137. The largest absolute Gasteiger partial charge is 0.497 e. The number of carbonyl (C=O) groups is 2. The van der Waals surface area contributed by atoms with E-state index < -0.39 is 0 Å². The molecule has 0 atom stereocenters. The number of rotatable bonds is 7. The number of carbonyl (C=O) groups excluding carboxylic acids is 2. The third-order valence-electron chi connectivity index (χ3n) is 4.45. The second-order valence-electron chi connectivity index (χ2n) is 6.92. The summed E-state index contributed by atoms with van der Waals surface area (Å²) in [6, 6.07) is 14.4. The van der Waals surface area contributed by atoms with Crippen LogP contribution in [0.1, 0.15) is 19.4 Å². The van der Waals surface area contributed by atoms with Crippen molar-refractivity contribution in [1.29, 1.82) is 0 Å². The number of nitrogens with one attached hydrogen (secondary N) is 1. The molecule has 1 aliphatic heterocycles. The Balaban J connectivity index is 2.08. The molecule has 0 spiro atoms. The summed E-state index contributed by atoms with van der Waals surface area (Å²) in [6.07, 6.45) is 0. The molecule has 1 N–H and O–H groups in total. The highest BCUT2D eigenvalue weighted by molar-refractivity contribution is 6.37. The highest BCUT2D eigenvalue weighted by atomic mass is 16.5. The van der Waals surface area contributed by atoms with Crippen molar-refractivity contribution in [3.8, 4) is 11.5 Å². The van der Waals surface area contributed by atoms with Crippen LogP contribution in [0.2, 0.25) is 0 Å². The third kappa shape index (κ3) is 3.71. The lowest BCUT2D eigenvalue weighted by atomic mass is 10.0. The zero-order chi connectivity index (χ0) is 20.3. The van der Waals surface area contributed by atoms with Crippen LogP contribution in [0.25, 0.3) is 5.57 Å². The van der Waals surface area contributed by atoms with Gasteiger partial charge in [0.1, 0.15) is 17.2 Å². The molecule has 6 nitrogen and oxygen atoms in total. The number of hydrogen-bond acceptors (Lipinski definition) is 5. The van der Waals surface area contributed by atoms with Gasteiger partial charge in [0.25, 0.3) is 11.8 Å². The van der Waals surface area contributed by atoms with Crippen molar-refractivity contribution in [2.45, 2.75) is 13.8 Å². The second-order valence-corrected chi connectivity index (χ2v) is 6.92. The van der Waals surface area contributed by atoms with Crippen LogP contribution in [0.3, 0.4) is 0 Å². The van der Waals surface area contributed by atoms with Crippen molar-refractivity contribution < 1.29 is 19.1 Å². The van der Waals surface area contributed by atoms with Crippen LogP contribution in [-0.2, 0) is 9.59 Å². The Labute approximate surface area is 164 Å². The first-order valence-corrected chi connectivity index (χ1v) is 9.11. The van der Waals surface area contributed by atoms with Gasteiger partial charge in [0.05, 0.1) is 19.8 Å². The van der Waals surface area contributed by atoms with Crippen LogP contribution in [0, 0.1) is 5.92 Å². The molecular weight excluding hydrogens is 356 g/mol. The van der Waals surface area contributed by atoms with Crippen LogP contribution in [-0.4, -0.2) is 37.5 Å². The van der Waals surface area contributed by atoms with E-state index in [4.69, 9.17) is 9.47 Å². The van der Waals surface area contributed by atoms with Crippen LogP contribution in [0.15, 0.2) is 54.2 Å². The Morgan fingerprint density at radius 3 is 2.21 bits per heavy atom. The van der Waals surface area contributed by atoms with Crippen LogP contribution in [0.4, 0.5) is 5.69 Å². The minimum Gasteiger partial charge on any atom is -0.497 e. The lowest BCUT2D eigenvalue weighted by Gasteiger charge is -2.17. The van der Waals surface area contributed by atoms with E-state index in [1.807, 2.05) is 26.0 Å². The Morgan fingerprint density at radius 2 is 1.61 bits per heavy atom. The zero-order valence-electron chi connectivity index (χ0n) is 16.5. The molecule has 146 valence electrons. The Hall–Kier alpha value is -3.28. The number of imide groups is 1. The summed E-state index contributed by atoms with van der Waals surface area (Å²) in [5.74, 6) is 0.751. The first kappa shape index (κ1) is 19.5. The van der Waals surface area contributed by atoms with Gasteiger partial charge in [0.2, 0.25) is 0 Å². The van der Waals surface area contributed by atoms with Gasteiger partial charge in [-0.15, -0.1) is 0 Å². The molecule has 3 rings (SSSR count). The maximum absolute atomic E-state index is 13.2. The second kappa shape index (κ2) is 8.17. The van der Waals surface area contributed by atoms with Crippen molar-refractivity contribution >= 4 is 23.1 Å². The van der Waals surface area contributed by atoms with E-state index in [-0.39, 0.29) is 23.4 Å². The SMILES string of the molecule is COc1ccc(NC2=C(c3ccccc3OC)C(=O)N(CC(C)C)C2=O)cc1. The molecule has 6 heteroatoms. The molecule has 2 aromatic rings. The van der Waals surface area contributed by atoms with Crippen molar-refractivity contribution in [1.82, 2.24) is 4.90 Å². The number of benzene rings is 2. The molecule has 0 fully saturated rings. The predicted molar refractivity (Wildman–Crippen MR) is 108 cm³/mol. The van der Waals surface area contributed by atoms with Crippen LogP contribution in [0.5, 0.6) is 11.5 Å². The maximum Gasteiger partial charge on any atom is 0.278 e. The van der Waals surface area contributed by atoms with E-state index in [9.17, 15) is 9.59 Å². The number of anilines is 1. The quantitative estimate of drug-likeness (QED) is 0.744. The number of amides is 2. The van der Waals surface area contributed by atoms with Crippen LogP contribution >= 0.6 is 0 Å². The van der Waals surface area contributed by atoms with Gasteiger partial charge in [-0.2, -0.15) is 0 Å². The fourth-order valence-corrected chi connectivity index (χ4v) is 3.14. The minimum absolute atomic E-state index is 0.159. The average Bonchev–Trinajstić information content (AvgIpc) is 2.92. The van der Waals surface area contributed by atoms with Gasteiger partial charge in [-0.3, -0.25) is 14.5 Å². The topological polar surface area (TPSA) is 67.9 Å². The number of ether oxygens (including phenoxy) is 2. The number of para-hydroxylation sites is 1. The minimum atomic E-state index is -0.338. The van der Waals surface area contributed by atoms with E-state index >= 15 is 0 Å². The fourth-order valence-electron chi connectivity index (χ4n) is 3.14. The number of nitrogens with zero attached hydrogens (tertiary/aromatic N) is 1. The third-order valence-corrected chi connectivity index (χ3v) is 4.45. The summed E-state index contributed by atoms with van der Waals surface area (Å²) in [5, 5.41) is 3.13. The summed E-state index contributed by atoms with van der Waals surface area (Å²) in [7, 11) is 3.14. The summed E-state index contributed by atoms with van der Waals surface area (Å²) in [5.41, 5.74) is 1.85. The van der Waals surface area contributed by atoms with E-state index in [1.54, 1.807) is 50.6 Å². The zero-order valence-corrected chi connectivity index (χ0v) is 16.5. The van der Waals surface area contributed by atoms with E-state index in [0.717, 1.165) is 0 Å². The fraction of sp³-hybridized carbons (Fsp3) is 0.273. The van der Waals surface area contributed by atoms with Crippen molar-refractivity contribution in [3.63, 3.8) is 0 Å². The van der Waals surface area contributed by atoms with Crippen molar-refractivity contribution in [2.75, 3.05) is 26.1 Å². The van der Waals surface area contributed by atoms with Gasteiger partial charge in [0.15, 0.2) is 0 Å². The van der Waals surface area contributed by atoms with E-state index in [0.29, 0.717) is 34.9 Å². The molecule has 0 unspecified atom stereocenters. The molecule has 2 aromatic carbocycles. The molecule has 2 amide bonds. The molecule has 0 radical (unpaired) electrons. The highest BCUT2D eigenvalue weighted by Crippen LogP contribution is 2.35. The maximum atomic E-state index is 13.2. The Kier molecular flexibility index (Phi) is 5.68. The summed E-state index contributed by atoms with van der Waals surface area (Å²) in [4.78, 5) is 27.5. The molecule has 0 saturated carbocycles. The standard InChI is InChI=1S/C22H24N2O4/c1-14(2)13-24-21(25)19(17-7-5-6-8-18(17)28-4)20(22(24)26)23-15-9-11-16(27-3)12-10-15/h5-12,14,23H,13H2,1-4H3. The summed E-state index contributed by atoms with van der Waals surface area (Å²) in [6.45, 7) is 4.29. The number of hydrogen-bond donors (Lipinski definition) is 1. The molecule has 0 aliphatic carbocycles. The Bertz CT molecular complexity index is 916. The lowest BCUT2D eigenvalue weighted by Crippen LogP contribution is -2.35. The molecule has 28 heavy (non-hydrogen) atoms. The Morgan fingerprint density at radius 1 is 0.929 bits per heavy atom. The van der Waals surface area contributed by atoms with E-state index in [2.05, 4.69) is 5.32 Å². The molecule has 0 saturated heterocycles. The van der Waals surface area contributed by atoms with Gasteiger partial charge in [-0.1, -0.05) is 32.0 Å². The highest BCUT2D eigenvalue weighted by Gasteiger charge is 2.40. The van der Waals surface area contributed by atoms with E-state index in [1.165, 1.54) is 4.90 Å². The van der Waals surface area contributed by atoms with Crippen LogP contribution < -0.4 is 14.8 Å². The predicted octanol–water partition coefficient (Wildman–Crippen LogP) is 3.55. The van der Waals surface area contributed by atoms with Gasteiger partial charge < -0.3 is 14.8 Å².